The molecule has 0 bridgehead atoms. The summed E-state index contributed by atoms with van der Waals surface area (Å²) in [5, 5.41) is 0. The zero-order valence-corrected chi connectivity index (χ0v) is 16.3. The lowest BCUT2D eigenvalue weighted by Crippen LogP contribution is -2.49. The summed E-state index contributed by atoms with van der Waals surface area (Å²) in [4.78, 5) is 25.7. The molecule has 1 saturated heterocycles. The number of amides is 1. The van der Waals surface area contributed by atoms with Crippen LogP contribution < -0.4 is 4.90 Å². The largest absolute Gasteiger partial charge is 0.353 e. The first-order chi connectivity index (χ1) is 13.2. The van der Waals surface area contributed by atoms with Crippen LogP contribution in [0.4, 0.5) is 5.82 Å². The van der Waals surface area contributed by atoms with Crippen LogP contribution >= 0.6 is 15.9 Å². The Morgan fingerprint density at radius 2 is 1.59 bits per heavy atom. The fraction of sp³-hybridized carbons (Fsp3) is 0.190. The van der Waals surface area contributed by atoms with Gasteiger partial charge in [-0.25, -0.2) is 9.97 Å². The van der Waals surface area contributed by atoms with Crippen LogP contribution in [0.3, 0.4) is 0 Å². The Bertz CT molecular complexity index is 940. The van der Waals surface area contributed by atoms with Crippen LogP contribution in [0.1, 0.15) is 10.4 Å². The molecule has 4 rings (SSSR count). The van der Waals surface area contributed by atoms with Gasteiger partial charge in [-0.3, -0.25) is 4.79 Å². The molecule has 0 unspecified atom stereocenters. The summed E-state index contributed by atoms with van der Waals surface area (Å²) in [5.74, 6) is 0.964. The van der Waals surface area contributed by atoms with Gasteiger partial charge in [0.2, 0.25) is 0 Å². The van der Waals surface area contributed by atoms with Gasteiger partial charge >= 0.3 is 0 Å². The van der Waals surface area contributed by atoms with Crippen molar-refractivity contribution in [3.8, 4) is 11.3 Å². The van der Waals surface area contributed by atoms with Gasteiger partial charge in [0.1, 0.15) is 12.1 Å². The van der Waals surface area contributed by atoms with Crippen molar-refractivity contribution in [2.45, 2.75) is 0 Å². The van der Waals surface area contributed by atoms with Crippen molar-refractivity contribution in [3.05, 3.63) is 77.0 Å². The topological polar surface area (TPSA) is 49.3 Å². The van der Waals surface area contributed by atoms with Crippen molar-refractivity contribution >= 4 is 27.7 Å². The van der Waals surface area contributed by atoms with E-state index in [-0.39, 0.29) is 5.91 Å². The van der Waals surface area contributed by atoms with E-state index in [0.29, 0.717) is 18.7 Å². The number of rotatable bonds is 3. The number of halogens is 1. The van der Waals surface area contributed by atoms with E-state index in [9.17, 15) is 4.79 Å². The molecule has 1 fully saturated rings. The average molecular weight is 423 g/mol. The van der Waals surface area contributed by atoms with Gasteiger partial charge in [0.15, 0.2) is 0 Å². The van der Waals surface area contributed by atoms with Crippen LogP contribution in [0.25, 0.3) is 11.3 Å². The summed E-state index contributed by atoms with van der Waals surface area (Å²) < 4.78 is 0.834. The molecule has 3 aromatic rings. The van der Waals surface area contributed by atoms with E-state index in [0.717, 1.165) is 34.6 Å². The number of hydrogen-bond donors (Lipinski definition) is 0. The van der Waals surface area contributed by atoms with E-state index in [1.807, 2.05) is 65.6 Å². The molecule has 0 saturated carbocycles. The first-order valence-corrected chi connectivity index (χ1v) is 9.68. The molecule has 1 aliphatic rings. The predicted molar refractivity (Wildman–Crippen MR) is 110 cm³/mol. The second-order valence-electron chi connectivity index (χ2n) is 6.39. The number of hydrogen-bond acceptors (Lipinski definition) is 4. The fourth-order valence-electron chi connectivity index (χ4n) is 3.23. The molecule has 27 heavy (non-hydrogen) atoms. The van der Waals surface area contributed by atoms with Crippen molar-refractivity contribution in [2.24, 2.45) is 0 Å². The van der Waals surface area contributed by atoms with Gasteiger partial charge < -0.3 is 9.80 Å². The van der Waals surface area contributed by atoms with E-state index in [1.165, 1.54) is 0 Å². The summed E-state index contributed by atoms with van der Waals surface area (Å²) in [6, 6.07) is 19.7. The predicted octanol–water partition coefficient (Wildman–Crippen LogP) is 3.87. The van der Waals surface area contributed by atoms with Gasteiger partial charge in [-0.1, -0.05) is 42.5 Å². The zero-order chi connectivity index (χ0) is 18.6. The number of aromatic nitrogens is 2. The summed E-state index contributed by atoms with van der Waals surface area (Å²) >= 11 is 3.47. The van der Waals surface area contributed by atoms with Gasteiger partial charge in [-0.2, -0.15) is 0 Å². The third kappa shape index (κ3) is 3.85. The minimum absolute atomic E-state index is 0.0646. The van der Waals surface area contributed by atoms with E-state index in [1.54, 1.807) is 6.33 Å². The minimum Gasteiger partial charge on any atom is -0.353 e. The average Bonchev–Trinajstić information content (AvgIpc) is 2.74. The van der Waals surface area contributed by atoms with Gasteiger partial charge in [-0.15, -0.1) is 0 Å². The maximum Gasteiger partial charge on any atom is 0.255 e. The molecule has 1 aromatic heterocycles. The molecule has 1 aliphatic heterocycles. The number of piperazine rings is 1. The number of carbonyl (C=O) groups is 1. The molecule has 0 aliphatic carbocycles. The zero-order valence-electron chi connectivity index (χ0n) is 14.8. The monoisotopic (exact) mass is 422 g/mol. The summed E-state index contributed by atoms with van der Waals surface area (Å²) in [7, 11) is 0. The molecule has 0 N–H and O–H groups in total. The Morgan fingerprint density at radius 3 is 2.33 bits per heavy atom. The van der Waals surface area contributed by atoms with Gasteiger partial charge in [0, 0.05) is 42.3 Å². The highest BCUT2D eigenvalue weighted by Crippen LogP contribution is 2.23. The lowest BCUT2D eigenvalue weighted by Gasteiger charge is -2.35. The normalized spacial score (nSPS) is 14.3. The van der Waals surface area contributed by atoms with Gasteiger partial charge in [0.25, 0.3) is 5.91 Å². The lowest BCUT2D eigenvalue weighted by molar-refractivity contribution is 0.0745. The molecule has 136 valence electrons. The van der Waals surface area contributed by atoms with Crippen LogP contribution in [0.15, 0.2) is 71.5 Å². The number of anilines is 1. The first-order valence-electron chi connectivity index (χ1n) is 8.88. The molecule has 2 heterocycles. The van der Waals surface area contributed by atoms with Crippen molar-refractivity contribution in [3.63, 3.8) is 0 Å². The van der Waals surface area contributed by atoms with Crippen LogP contribution in [0.2, 0.25) is 0 Å². The number of nitrogens with zero attached hydrogens (tertiary/aromatic N) is 4. The highest BCUT2D eigenvalue weighted by molar-refractivity contribution is 9.10. The highest BCUT2D eigenvalue weighted by Gasteiger charge is 2.24. The Balaban J connectivity index is 1.45. The van der Waals surface area contributed by atoms with E-state index < -0.39 is 0 Å². The quantitative estimate of drug-likeness (QED) is 0.642. The van der Waals surface area contributed by atoms with Crippen molar-refractivity contribution in [1.82, 2.24) is 14.9 Å². The van der Waals surface area contributed by atoms with Crippen LogP contribution in [0.5, 0.6) is 0 Å². The number of carbonyl (C=O) groups excluding carboxylic acids is 1. The molecular weight excluding hydrogens is 404 g/mol. The van der Waals surface area contributed by atoms with E-state index in [4.69, 9.17) is 0 Å². The summed E-state index contributed by atoms with van der Waals surface area (Å²) in [6.45, 7) is 2.85. The molecule has 5 nitrogen and oxygen atoms in total. The lowest BCUT2D eigenvalue weighted by atomic mass is 10.1. The Kier molecular flexibility index (Phi) is 5.16. The fourth-order valence-corrected chi connectivity index (χ4v) is 3.68. The first kappa shape index (κ1) is 17.7. The smallest absolute Gasteiger partial charge is 0.255 e. The summed E-state index contributed by atoms with van der Waals surface area (Å²) in [6.07, 6.45) is 1.61. The Labute approximate surface area is 166 Å². The minimum atomic E-state index is 0.0646. The molecular formula is C21H19BrN4O. The standard InChI is InChI=1S/C21H19BrN4O/c22-18-9-5-4-8-17(18)21(27)26-12-10-25(11-13-26)20-14-19(23-15-24-20)16-6-2-1-3-7-16/h1-9,14-15H,10-13H2. The SMILES string of the molecule is O=C(c1ccccc1Br)N1CCN(c2cc(-c3ccccc3)ncn2)CC1. The highest BCUT2D eigenvalue weighted by atomic mass is 79.9. The van der Waals surface area contributed by atoms with E-state index in [2.05, 4.69) is 30.8 Å². The molecule has 1 amide bonds. The van der Waals surface area contributed by atoms with Crippen molar-refractivity contribution in [2.75, 3.05) is 31.1 Å². The second kappa shape index (κ2) is 7.88. The van der Waals surface area contributed by atoms with Crippen LogP contribution in [-0.2, 0) is 0 Å². The molecule has 2 aromatic carbocycles. The Morgan fingerprint density at radius 1 is 0.889 bits per heavy atom. The van der Waals surface area contributed by atoms with Crippen LogP contribution in [0, 0.1) is 0 Å². The second-order valence-corrected chi connectivity index (χ2v) is 7.24. The maximum absolute atomic E-state index is 12.8. The Hall–Kier alpha value is -2.73. The van der Waals surface area contributed by atoms with Crippen LogP contribution in [-0.4, -0.2) is 47.0 Å². The molecule has 0 atom stereocenters. The summed E-state index contributed by atoms with van der Waals surface area (Å²) in [5.41, 5.74) is 2.69. The molecule has 6 heteroatoms. The van der Waals surface area contributed by atoms with Gasteiger partial charge in [0.05, 0.1) is 11.3 Å². The van der Waals surface area contributed by atoms with Crippen molar-refractivity contribution < 1.29 is 4.79 Å². The third-order valence-corrected chi connectivity index (χ3v) is 5.41. The molecule has 0 spiro atoms. The maximum atomic E-state index is 12.8. The number of benzene rings is 2. The van der Waals surface area contributed by atoms with Crippen molar-refractivity contribution in [1.29, 1.82) is 0 Å². The van der Waals surface area contributed by atoms with Gasteiger partial charge in [-0.05, 0) is 28.1 Å². The van der Waals surface area contributed by atoms with E-state index >= 15 is 0 Å². The third-order valence-electron chi connectivity index (χ3n) is 4.72. The molecule has 0 radical (unpaired) electrons.